The number of nitrogens with two attached hydrogens (primary N) is 1. The van der Waals surface area contributed by atoms with Crippen LogP contribution in [0, 0.1) is 0 Å². The lowest BCUT2D eigenvalue weighted by molar-refractivity contribution is 0.506. The zero-order valence-electron chi connectivity index (χ0n) is 9.11. The highest BCUT2D eigenvalue weighted by Crippen LogP contribution is 2.26. The Morgan fingerprint density at radius 1 is 1.60 bits per heavy atom. The number of nitrogens with zero attached hydrogens (tertiary/aromatic N) is 2. The number of anilines is 2. The van der Waals surface area contributed by atoms with Crippen LogP contribution in [0.4, 0.5) is 11.4 Å². The van der Waals surface area contributed by atoms with E-state index >= 15 is 0 Å². The quantitative estimate of drug-likeness (QED) is 0.759. The highest BCUT2D eigenvalue weighted by atomic mass is 15.2. The van der Waals surface area contributed by atoms with Crippen molar-refractivity contribution in [1.82, 2.24) is 4.98 Å². The zero-order chi connectivity index (χ0) is 10.7. The van der Waals surface area contributed by atoms with E-state index in [-0.39, 0.29) is 0 Å². The summed E-state index contributed by atoms with van der Waals surface area (Å²) in [5.41, 5.74) is 8.26. The summed E-state index contributed by atoms with van der Waals surface area (Å²) in [6, 6.07) is 2.35. The van der Waals surface area contributed by atoms with Crippen molar-refractivity contribution in [3.8, 4) is 0 Å². The summed E-state index contributed by atoms with van der Waals surface area (Å²) in [6.07, 6.45) is 5.99. The first-order chi connectivity index (χ1) is 7.31. The normalized spacial score (nSPS) is 21.5. The molecule has 0 aliphatic carbocycles. The van der Waals surface area contributed by atoms with Crippen LogP contribution in [0.3, 0.4) is 0 Å². The van der Waals surface area contributed by atoms with E-state index in [1.165, 1.54) is 12.1 Å². The number of pyridine rings is 1. The fraction of sp³-hybridized carbons (Fsp3) is 0.545. The predicted molar refractivity (Wildman–Crippen MR) is 63.2 cm³/mol. The van der Waals surface area contributed by atoms with Crippen LogP contribution in [0.1, 0.15) is 12.8 Å². The number of hydrogen-bond donors (Lipinski definition) is 2. The van der Waals surface area contributed by atoms with Crippen LogP contribution < -0.4 is 16.0 Å². The molecule has 1 aliphatic heterocycles. The summed E-state index contributed by atoms with van der Waals surface area (Å²) in [5, 5.41) is 3.16. The smallest absolute Gasteiger partial charge is 0.0761 e. The largest absolute Gasteiger partial charge is 0.385 e. The number of piperidine rings is 1. The van der Waals surface area contributed by atoms with Gasteiger partial charge in [-0.1, -0.05) is 0 Å². The summed E-state index contributed by atoms with van der Waals surface area (Å²) in [5.74, 6) is 0. The maximum atomic E-state index is 5.98. The van der Waals surface area contributed by atoms with Crippen molar-refractivity contribution >= 4 is 11.4 Å². The molecule has 1 fully saturated rings. The van der Waals surface area contributed by atoms with Crippen molar-refractivity contribution in [2.45, 2.75) is 18.9 Å². The SMILES string of the molecule is CNc1cnccc1N1CCCC(N)C1. The van der Waals surface area contributed by atoms with Gasteiger partial charge in [0.2, 0.25) is 0 Å². The molecule has 2 rings (SSSR count). The average molecular weight is 206 g/mol. The van der Waals surface area contributed by atoms with Crippen molar-refractivity contribution in [3.63, 3.8) is 0 Å². The van der Waals surface area contributed by atoms with E-state index in [1.54, 1.807) is 0 Å². The van der Waals surface area contributed by atoms with Crippen molar-refractivity contribution in [3.05, 3.63) is 18.5 Å². The van der Waals surface area contributed by atoms with E-state index in [0.29, 0.717) is 6.04 Å². The molecular weight excluding hydrogens is 188 g/mol. The second-order valence-electron chi connectivity index (χ2n) is 3.99. The molecule has 0 saturated carbocycles. The Labute approximate surface area is 90.5 Å². The molecule has 0 amide bonds. The second kappa shape index (κ2) is 4.49. The monoisotopic (exact) mass is 206 g/mol. The van der Waals surface area contributed by atoms with Gasteiger partial charge in [0.15, 0.2) is 0 Å². The zero-order valence-corrected chi connectivity index (χ0v) is 9.11. The predicted octanol–water partition coefficient (Wildman–Crippen LogP) is 1.05. The van der Waals surface area contributed by atoms with Crippen molar-refractivity contribution in [1.29, 1.82) is 0 Å². The number of aromatic nitrogens is 1. The first-order valence-corrected chi connectivity index (χ1v) is 5.43. The third kappa shape index (κ3) is 2.21. The lowest BCUT2D eigenvalue weighted by Crippen LogP contribution is -2.43. The summed E-state index contributed by atoms with van der Waals surface area (Å²) in [7, 11) is 1.92. The molecule has 1 saturated heterocycles. The minimum Gasteiger partial charge on any atom is -0.385 e. The summed E-state index contributed by atoms with van der Waals surface area (Å²) in [6.45, 7) is 2.03. The van der Waals surface area contributed by atoms with E-state index in [9.17, 15) is 0 Å². The molecule has 4 nitrogen and oxygen atoms in total. The third-order valence-electron chi connectivity index (χ3n) is 2.87. The van der Waals surface area contributed by atoms with Crippen LogP contribution in [0.2, 0.25) is 0 Å². The Morgan fingerprint density at radius 2 is 2.47 bits per heavy atom. The van der Waals surface area contributed by atoms with Gasteiger partial charge in [-0.15, -0.1) is 0 Å². The molecule has 1 aromatic rings. The summed E-state index contributed by atoms with van der Waals surface area (Å²) >= 11 is 0. The van der Waals surface area contributed by atoms with Gasteiger partial charge in [0.05, 0.1) is 17.6 Å². The van der Waals surface area contributed by atoms with E-state index < -0.39 is 0 Å². The van der Waals surface area contributed by atoms with Gasteiger partial charge in [0.1, 0.15) is 0 Å². The Bertz CT molecular complexity index is 326. The maximum absolute atomic E-state index is 5.98. The Morgan fingerprint density at radius 3 is 3.20 bits per heavy atom. The second-order valence-corrected chi connectivity index (χ2v) is 3.99. The van der Waals surface area contributed by atoms with Crippen LogP contribution in [0.5, 0.6) is 0 Å². The van der Waals surface area contributed by atoms with Gasteiger partial charge in [0, 0.05) is 32.4 Å². The lowest BCUT2D eigenvalue weighted by atomic mass is 10.1. The standard InChI is InChI=1S/C11H18N4/c1-13-10-7-14-5-4-11(10)15-6-2-3-9(12)8-15/h4-5,7,9,13H,2-3,6,8,12H2,1H3. The van der Waals surface area contributed by atoms with E-state index in [4.69, 9.17) is 5.73 Å². The lowest BCUT2D eigenvalue weighted by Gasteiger charge is -2.33. The van der Waals surface area contributed by atoms with Crippen molar-refractivity contribution in [2.75, 3.05) is 30.4 Å². The Kier molecular flexibility index (Phi) is 3.06. The Hall–Kier alpha value is -1.29. The molecule has 3 N–H and O–H groups in total. The third-order valence-corrected chi connectivity index (χ3v) is 2.87. The number of nitrogens with one attached hydrogen (secondary N) is 1. The Balaban J connectivity index is 2.20. The molecule has 1 atom stereocenters. The van der Waals surface area contributed by atoms with E-state index in [1.807, 2.05) is 25.5 Å². The van der Waals surface area contributed by atoms with Gasteiger partial charge >= 0.3 is 0 Å². The molecule has 4 heteroatoms. The molecule has 0 spiro atoms. The van der Waals surface area contributed by atoms with E-state index in [0.717, 1.165) is 25.2 Å². The van der Waals surface area contributed by atoms with Crippen molar-refractivity contribution in [2.24, 2.45) is 5.73 Å². The summed E-state index contributed by atoms with van der Waals surface area (Å²) in [4.78, 5) is 6.44. The highest BCUT2D eigenvalue weighted by Gasteiger charge is 2.18. The van der Waals surface area contributed by atoms with Crippen LogP contribution in [-0.4, -0.2) is 31.2 Å². The fourth-order valence-electron chi connectivity index (χ4n) is 2.08. The number of rotatable bonds is 2. The molecule has 2 heterocycles. The molecular formula is C11H18N4. The average Bonchev–Trinajstić information content (AvgIpc) is 2.29. The molecule has 0 radical (unpaired) electrons. The van der Waals surface area contributed by atoms with Crippen molar-refractivity contribution < 1.29 is 0 Å². The maximum Gasteiger partial charge on any atom is 0.0761 e. The van der Waals surface area contributed by atoms with Crippen LogP contribution >= 0.6 is 0 Å². The molecule has 0 bridgehead atoms. The van der Waals surface area contributed by atoms with Crippen LogP contribution in [0.25, 0.3) is 0 Å². The van der Waals surface area contributed by atoms with Gasteiger partial charge in [-0.25, -0.2) is 0 Å². The molecule has 1 unspecified atom stereocenters. The first kappa shape index (κ1) is 10.2. The minimum absolute atomic E-state index is 0.302. The van der Waals surface area contributed by atoms with Crippen LogP contribution in [0.15, 0.2) is 18.5 Å². The van der Waals surface area contributed by atoms with Gasteiger partial charge in [-0.3, -0.25) is 4.98 Å². The van der Waals surface area contributed by atoms with E-state index in [2.05, 4.69) is 15.2 Å². The summed E-state index contributed by atoms with van der Waals surface area (Å²) < 4.78 is 0. The van der Waals surface area contributed by atoms with Gasteiger partial charge in [0.25, 0.3) is 0 Å². The first-order valence-electron chi connectivity index (χ1n) is 5.43. The highest BCUT2D eigenvalue weighted by molar-refractivity contribution is 5.68. The number of hydrogen-bond acceptors (Lipinski definition) is 4. The van der Waals surface area contributed by atoms with Crippen LogP contribution in [-0.2, 0) is 0 Å². The minimum atomic E-state index is 0.302. The van der Waals surface area contributed by atoms with Gasteiger partial charge in [-0.2, -0.15) is 0 Å². The topological polar surface area (TPSA) is 54.2 Å². The molecule has 0 aromatic carbocycles. The molecule has 15 heavy (non-hydrogen) atoms. The molecule has 1 aromatic heterocycles. The van der Waals surface area contributed by atoms with Gasteiger partial charge in [-0.05, 0) is 18.9 Å². The fourth-order valence-corrected chi connectivity index (χ4v) is 2.08. The molecule has 82 valence electrons. The van der Waals surface area contributed by atoms with Gasteiger partial charge < -0.3 is 16.0 Å². The molecule has 1 aliphatic rings.